The van der Waals surface area contributed by atoms with E-state index in [1.807, 2.05) is 71.0 Å². The molecule has 0 spiro atoms. The van der Waals surface area contributed by atoms with E-state index in [1.54, 1.807) is 0 Å². The van der Waals surface area contributed by atoms with Gasteiger partial charge in [-0.05, 0) is 69.7 Å². The fourth-order valence-corrected chi connectivity index (χ4v) is 6.29. The van der Waals surface area contributed by atoms with Crippen molar-refractivity contribution in [3.05, 3.63) is 64.2 Å². The van der Waals surface area contributed by atoms with Crippen molar-refractivity contribution in [2.45, 2.75) is 71.6 Å². The Labute approximate surface area is 198 Å². The van der Waals surface area contributed by atoms with E-state index in [1.165, 1.54) is 4.31 Å². The molecule has 0 unspecified atom stereocenters. The molecule has 3 rings (SSSR count). The molecule has 0 bridgehead atoms. The average Bonchev–Trinajstić information content (AvgIpc) is 2.76. The second-order valence-corrected chi connectivity index (χ2v) is 11.2. The van der Waals surface area contributed by atoms with Crippen LogP contribution in [0.2, 0.25) is 0 Å². The SMILES string of the molecule is Cc1cc(C)c(S(=O)(=O)N2CCC(C(=O)NCc3ccc(COC(C)C)cc3)CC2)c(C)c1. The number of nitrogens with zero attached hydrogens (tertiary/aromatic N) is 1. The van der Waals surface area contributed by atoms with Gasteiger partial charge in [-0.1, -0.05) is 42.0 Å². The summed E-state index contributed by atoms with van der Waals surface area (Å²) in [5.74, 6) is -0.183. The number of carbonyl (C=O) groups is 1. The first-order valence-electron chi connectivity index (χ1n) is 11.6. The smallest absolute Gasteiger partial charge is 0.243 e. The highest BCUT2D eigenvalue weighted by molar-refractivity contribution is 7.89. The van der Waals surface area contributed by atoms with Crippen molar-refractivity contribution in [1.82, 2.24) is 9.62 Å². The molecule has 33 heavy (non-hydrogen) atoms. The highest BCUT2D eigenvalue weighted by atomic mass is 32.2. The van der Waals surface area contributed by atoms with Crippen LogP contribution in [0.3, 0.4) is 0 Å². The fourth-order valence-electron chi connectivity index (χ4n) is 4.41. The van der Waals surface area contributed by atoms with Gasteiger partial charge in [-0.15, -0.1) is 0 Å². The number of carbonyl (C=O) groups excluding carboxylic acids is 1. The molecule has 0 radical (unpaired) electrons. The Morgan fingerprint density at radius 2 is 1.58 bits per heavy atom. The maximum absolute atomic E-state index is 13.3. The van der Waals surface area contributed by atoms with Crippen LogP contribution in [0.1, 0.15) is 54.5 Å². The van der Waals surface area contributed by atoms with Crippen molar-refractivity contribution in [2.75, 3.05) is 13.1 Å². The topological polar surface area (TPSA) is 75.7 Å². The van der Waals surface area contributed by atoms with Gasteiger partial charge in [-0.3, -0.25) is 4.79 Å². The molecule has 0 atom stereocenters. The summed E-state index contributed by atoms with van der Waals surface area (Å²) in [5, 5.41) is 3.01. The molecule has 0 aliphatic carbocycles. The Bertz CT molecular complexity index is 1050. The maximum Gasteiger partial charge on any atom is 0.243 e. The molecule has 1 aliphatic heterocycles. The Hall–Kier alpha value is -2.22. The van der Waals surface area contributed by atoms with E-state index in [4.69, 9.17) is 4.74 Å². The van der Waals surface area contributed by atoms with Gasteiger partial charge in [0.05, 0.1) is 17.6 Å². The summed E-state index contributed by atoms with van der Waals surface area (Å²) in [7, 11) is -3.57. The summed E-state index contributed by atoms with van der Waals surface area (Å²) < 4.78 is 33.6. The van der Waals surface area contributed by atoms with E-state index in [9.17, 15) is 13.2 Å². The first kappa shape index (κ1) is 25.4. The number of hydrogen-bond donors (Lipinski definition) is 1. The summed E-state index contributed by atoms with van der Waals surface area (Å²) in [6, 6.07) is 11.8. The van der Waals surface area contributed by atoms with Crippen molar-refractivity contribution in [1.29, 1.82) is 0 Å². The van der Waals surface area contributed by atoms with Gasteiger partial charge in [0.1, 0.15) is 0 Å². The molecule has 1 aliphatic rings. The zero-order chi connectivity index (χ0) is 24.2. The predicted octanol–water partition coefficient (Wildman–Crippen LogP) is 4.25. The molecular formula is C26H36N2O4S. The number of amides is 1. The van der Waals surface area contributed by atoms with E-state index in [-0.39, 0.29) is 17.9 Å². The van der Waals surface area contributed by atoms with Gasteiger partial charge < -0.3 is 10.1 Å². The number of ether oxygens (including phenoxy) is 1. The van der Waals surface area contributed by atoms with Gasteiger partial charge in [0.25, 0.3) is 0 Å². The summed E-state index contributed by atoms with van der Waals surface area (Å²) in [4.78, 5) is 13.1. The molecule has 0 aromatic heterocycles. The van der Waals surface area contributed by atoms with Gasteiger partial charge in [0.15, 0.2) is 0 Å². The third kappa shape index (κ3) is 6.43. The summed E-state index contributed by atoms with van der Waals surface area (Å²) in [5.41, 5.74) is 4.73. The van der Waals surface area contributed by atoms with E-state index >= 15 is 0 Å². The minimum Gasteiger partial charge on any atom is -0.374 e. The minimum atomic E-state index is -3.57. The van der Waals surface area contributed by atoms with Gasteiger partial charge in [-0.25, -0.2) is 8.42 Å². The number of nitrogens with one attached hydrogen (secondary N) is 1. The zero-order valence-corrected chi connectivity index (χ0v) is 21.2. The second-order valence-electron chi connectivity index (χ2n) is 9.30. The predicted molar refractivity (Wildman–Crippen MR) is 130 cm³/mol. The van der Waals surface area contributed by atoms with E-state index in [0.717, 1.165) is 27.8 Å². The molecular weight excluding hydrogens is 436 g/mol. The quantitative estimate of drug-likeness (QED) is 0.623. The van der Waals surface area contributed by atoms with E-state index in [2.05, 4.69) is 5.32 Å². The third-order valence-electron chi connectivity index (χ3n) is 6.10. The lowest BCUT2D eigenvalue weighted by molar-refractivity contribution is -0.126. The third-order valence-corrected chi connectivity index (χ3v) is 8.31. The number of aryl methyl sites for hydroxylation is 3. The van der Waals surface area contributed by atoms with Gasteiger partial charge in [0, 0.05) is 25.6 Å². The Morgan fingerprint density at radius 1 is 1.03 bits per heavy atom. The van der Waals surface area contributed by atoms with Crippen LogP contribution in [-0.4, -0.2) is 37.8 Å². The second kappa shape index (κ2) is 10.8. The highest BCUT2D eigenvalue weighted by Crippen LogP contribution is 2.29. The van der Waals surface area contributed by atoms with Gasteiger partial charge >= 0.3 is 0 Å². The zero-order valence-electron chi connectivity index (χ0n) is 20.3. The standard InChI is InChI=1S/C26H36N2O4S/c1-18(2)32-17-23-8-6-22(7-9-23)16-27-26(29)24-10-12-28(13-11-24)33(30,31)25-20(4)14-19(3)15-21(25)5/h6-9,14-15,18,24H,10-13,16-17H2,1-5H3,(H,27,29). The minimum absolute atomic E-state index is 0.0121. The monoisotopic (exact) mass is 472 g/mol. The van der Waals surface area contributed by atoms with Crippen LogP contribution in [-0.2, 0) is 32.7 Å². The van der Waals surface area contributed by atoms with Crippen LogP contribution in [0, 0.1) is 26.7 Å². The van der Waals surface area contributed by atoms with Crippen LogP contribution < -0.4 is 5.32 Å². The first-order valence-corrected chi connectivity index (χ1v) is 13.1. The Kier molecular flexibility index (Phi) is 8.32. The van der Waals surface area contributed by atoms with Crippen LogP contribution in [0.5, 0.6) is 0 Å². The molecule has 2 aromatic rings. The molecule has 1 fully saturated rings. The lowest BCUT2D eigenvalue weighted by Crippen LogP contribution is -2.43. The molecule has 1 amide bonds. The van der Waals surface area contributed by atoms with Crippen molar-refractivity contribution < 1.29 is 17.9 Å². The van der Waals surface area contributed by atoms with Crippen LogP contribution in [0.25, 0.3) is 0 Å². The summed E-state index contributed by atoms with van der Waals surface area (Å²) >= 11 is 0. The van der Waals surface area contributed by atoms with Crippen LogP contribution >= 0.6 is 0 Å². The number of piperidine rings is 1. The van der Waals surface area contributed by atoms with Gasteiger partial charge in [-0.2, -0.15) is 4.31 Å². The summed E-state index contributed by atoms with van der Waals surface area (Å²) in [6.45, 7) is 11.4. The molecule has 180 valence electrons. The van der Waals surface area contributed by atoms with E-state index < -0.39 is 10.0 Å². The Balaban J connectivity index is 1.53. The van der Waals surface area contributed by atoms with Crippen molar-refractivity contribution in [3.8, 4) is 0 Å². The molecule has 0 saturated carbocycles. The maximum atomic E-state index is 13.3. The van der Waals surface area contributed by atoms with Gasteiger partial charge in [0.2, 0.25) is 15.9 Å². The first-order chi connectivity index (χ1) is 15.6. The number of sulfonamides is 1. The Morgan fingerprint density at radius 3 is 2.12 bits per heavy atom. The average molecular weight is 473 g/mol. The number of benzene rings is 2. The lowest BCUT2D eigenvalue weighted by atomic mass is 9.97. The lowest BCUT2D eigenvalue weighted by Gasteiger charge is -2.31. The largest absolute Gasteiger partial charge is 0.374 e. The number of hydrogen-bond acceptors (Lipinski definition) is 4. The summed E-state index contributed by atoms with van der Waals surface area (Å²) in [6.07, 6.45) is 1.25. The molecule has 6 nitrogen and oxygen atoms in total. The molecule has 1 heterocycles. The van der Waals surface area contributed by atoms with E-state index in [0.29, 0.717) is 44.0 Å². The number of rotatable bonds is 8. The fraction of sp³-hybridized carbons (Fsp3) is 0.500. The van der Waals surface area contributed by atoms with Crippen molar-refractivity contribution in [2.24, 2.45) is 5.92 Å². The highest BCUT2D eigenvalue weighted by Gasteiger charge is 2.33. The molecule has 7 heteroatoms. The molecule has 2 aromatic carbocycles. The van der Waals surface area contributed by atoms with Crippen molar-refractivity contribution in [3.63, 3.8) is 0 Å². The molecule has 1 saturated heterocycles. The van der Waals surface area contributed by atoms with Crippen molar-refractivity contribution >= 4 is 15.9 Å². The molecule has 1 N–H and O–H groups in total. The normalized spacial score (nSPS) is 15.7. The van der Waals surface area contributed by atoms with Crippen LogP contribution in [0.15, 0.2) is 41.3 Å². The van der Waals surface area contributed by atoms with Crippen LogP contribution in [0.4, 0.5) is 0 Å².